The number of hydrogen-bond acceptors (Lipinski definition) is 5. The lowest BCUT2D eigenvalue weighted by Crippen LogP contribution is -2.07. The SMILES string of the molecule is CC.Cc1ccc(C2=NCc3nnc(C)n3-c3sc(C)c(C)c32)cn1. The van der Waals surface area contributed by atoms with E-state index in [1.165, 1.54) is 16.0 Å². The highest BCUT2D eigenvalue weighted by Gasteiger charge is 2.26. The first-order valence-electron chi connectivity index (χ1n) is 8.55. The van der Waals surface area contributed by atoms with Crippen LogP contribution in [-0.4, -0.2) is 25.5 Å². The summed E-state index contributed by atoms with van der Waals surface area (Å²) in [5, 5.41) is 9.68. The molecule has 0 unspecified atom stereocenters. The van der Waals surface area contributed by atoms with Crippen molar-refractivity contribution in [2.75, 3.05) is 0 Å². The van der Waals surface area contributed by atoms with E-state index in [1.807, 2.05) is 40.0 Å². The van der Waals surface area contributed by atoms with Gasteiger partial charge in [-0.15, -0.1) is 21.5 Å². The van der Waals surface area contributed by atoms with E-state index in [0.717, 1.165) is 33.6 Å². The van der Waals surface area contributed by atoms with Crippen molar-refractivity contribution in [3.8, 4) is 5.00 Å². The number of fused-ring (bicyclic) bond motifs is 3. The summed E-state index contributed by atoms with van der Waals surface area (Å²) >= 11 is 1.77. The number of nitrogens with zero attached hydrogens (tertiary/aromatic N) is 5. The number of aromatic nitrogens is 4. The zero-order chi connectivity index (χ0) is 18.1. The molecule has 0 bridgehead atoms. The topological polar surface area (TPSA) is 56.0 Å². The number of rotatable bonds is 1. The molecule has 0 aliphatic carbocycles. The second-order valence-corrected chi connectivity index (χ2v) is 7.02. The van der Waals surface area contributed by atoms with Crippen LogP contribution in [0.3, 0.4) is 0 Å². The normalized spacial score (nSPS) is 12.5. The number of aryl methyl sites for hydroxylation is 3. The Bertz CT molecular complexity index is 932. The van der Waals surface area contributed by atoms with Gasteiger partial charge in [-0.1, -0.05) is 13.8 Å². The number of aliphatic imine (C=N–C) groups is 1. The van der Waals surface area contributed by atoms with Gasteiger partial charge in [-0.25, -0.2) is 0 Å². The van der Waals surface area contributed by atoms with Crippen molar-refractivity contribution in [3.05, 3.63) is 57.2 Å². The average molecular weight is 353 g/mol. The molecule has 3 aromatic heterocycles. The summed E-state index contributed by atoms with van der Waals surface area (Å²) in [4.78, 5) is 10.6. The lowest BCUT2D eigenvalue weighted by atomic mass is 10.0. The summed E-state index contributed by atoms with van der Waals surface area (Å²) in [7, 11) is 0. The molecule has 4 rings (SSSR count). The molecule has 0 amide bonds. The van der Waals surface area contributed by atoms with Gasteiger partial charge in [0.25, 0.3) is 0 Å². The zero-order valence-electron chi connectivity index (χ0n) is 15.6. The predicted octanol–water partition coefficient (Wildman–Crippen LogP) is 4.33. The van der Waals surface area contributed by atoms with Crippen molar-refractivity contribution in [1.82, 2.24) is 19.7 Å². The van der Waals surface area contributed by atoms with Gasteiger partial charge < -0.3 is 0 Å². The Morgan fingerprint density at radius 3 is 2.48 bits per heavy atom. The highest BCUT2D eigenvalue weighted by molar-refractivity contribution is 7.15. The molecule has 3 aromatic rings. The summed E-state index contributed by atoms with van der Waals surface area (Å²) in [6.07, 6.45) is 1.91. The minimum Gasteiger partial charge on any atom is -0.276 e. The number of thiophene rings is 1. The third-order valence-electron chi connectivity index (χ3n) is 4.26. The molecule has 1 aliphatic rings. The minimum absolute atomic E-state index is 0.532. The molecule has 0 radical (unpaired) electrons. The lowest BCUT2D eigenvalue weighted by Gasteiger charge is -2.09. The largest absolute Gasteiger partial charge is 0.276 e. The van der Waals surface area contributed by atoms with E-state index in [2.05, 4.69) is 39.7 Å². The second kappa shape index (κ2) is 6.88. The van der Waals surface area contributed by atoms with Gasteiger partial charge in [0.05, 0.1) is 5.71 Å². The molecule has 4 heterocycles. The summed E-state index contributed by atoms with van der Waals surface area (Å²) in [6, 6.07) is 4.12. The van der Waals surface area contributed by atoms with Crippen LogP contribution in [0.1, 0.15) is 52.8 Å². The molecule has 5 nitrogen and oxygen atoms in total. The molecule has 25 heavy (non-hydrogen) atoms. The summed E-state index contributed by atoms with van der Waals surface area (Å²) in [5.41, 5.74) is 5.51. The molecular weight excluding hydrogens is 330 g/mol. The molecule has 130 valence electrons. The van der Waals surface area contributed by atoms with E-state index >= 15 is 0 Å². The van der Waals surface area contributed by atoms with Gasteiger partial charge in [0.15, 0.2) is 5.82 Å². The summed E-state index contributed by atoms with van der Waals surface area (Å²) in [6.45, 7) is 12.8. The maximum Gasteiger partial charge on any atom is 0.160 e. The smallest absolute Gasteiger partial charge is 0.160 e. The Morgan fingerprint density at radius 2 is 1.80 bits per heavy atom. The third-order valence-corrected chi connectivity index (χ3v) is 5.45. The van der Waals surface area contributed by atoms with Crippen LogP contribution in [0.25, 0.3) is 5.00 Å². The molecule has 0 N–H and O–H groups in total. The van der Waals surface area contributed by atoms with E-state index in [4.69, 9.17) is 4.99 Å². The summed E-state index contributed by atoms with van der Waals surface area (Å²) < 4.78 is 2.14. The molecule has 0 saturated carbocycles. The predicted molar refractivity (Wildman–Crippen MR) is 103 cm³/mol. The zero-order valence-corrected chi connectivity index (χ0v) is 16.4. The van der Waals surface area contributed by atoms with Gasteiger partial charge in [-0.05, 0) is 45.4 Å². The van der Waals surface area contributed by atoms with Gasteiger partial charge in [0, 0.05) is 27.9 Å². The Balaban J connectivity index is 0.000000880. The van der Waals surface area contributed by atoms with Gasteiger partial charge >= 0.3 is 0 Å². The van der Waals surface area contributed by atoms with Gasteiger partial charge in [0.1, 0.15) is 17.4 Å². The minimum atomic E-state index is 0.532. The van der Waals surface area contributed by atoms with Crippen molar-refractivity contribution in [3.63, 3.8) is 0 Å². The molecule has 0 aromatic carbocycles. The molecule has 0 atom stereocenters. The molecule has 0 fully saturated rings. The first kappa shape index (κ1) is 17.5. The molecule has 6 heteroatoms. The van der Waals surface area contributed by atoms with Crippen molar-refractivity contribution < 1.29 is 0 Å². The molecule has 0 saturated heterocycles. The van der Waals surface area contributed by atoms with Crippen molar-refractivity contribution in [1.29, 1.82) is 0 Å². The van der Waals surface area contributed by atoms with Crippen LogP contribution in [0.5, 0.6) is 0 Å². The fraction of sp³-hybridized carbons (Fsp3) is 0.368. The van der Waals surface area contributed by atoms with E-state index in [-0.39, 0.29) is 0 Å². The fourth-order valence-electron chi connectivity index (χ4n) is 2.89. The van der Waals surface area contributed by atoms with Crippen molar-refractivity contribution in [2.24, 2.45) is 4.99 Å². The number of pyridine rings is 1. The van der Waals surface area contributed by atoms with Crippen LogP contribution < -0.4 is 0 Å². The monoisotopic (exact) mass is 353 g/mol. The van der Waals surface area contributed by atoms with Crippen LogP contribution in [0, 0.1) is 27.7 Å². The maximum absolute atomic E-state index is 4.85. The lowest BCUT2D eigenvalue weighted by molar-refractivity contribution is 0.869. The molecule has 1 aliphatic heterocycles. The first-order chi connectivity index (χ1) is 12.1. The van der Waals surface area contributed by atoms with Crippen LogP contribution in [0.2, 0.25) is 0 Å². The van der Waals surface area contributed by atoms with Gasteiger partial charge in [0.2, 0.25) is 0 Å². The van der Waals surface area contributed by atoms with E-state index in [9.17, 15) is 0 Å². The fourth-order valence-corrected chi connectivity index (χ4v) is 4.12. The first-order valence-corrected chi connectivity index (χ1v) is 9.37. The van der Waals surface area contributed by atoms with Crippen molar-refractivity contribution >= 4 is 17.0 Å². The Morgan fingerprint density at radius 1 is 1.04 bits per heavy atom. The third kappa shape index (κ3) is 2.91. The highest BCUT2D eigenvalue weighted by atomic mass is 32.1. The Labute approximate surface area is 152 Å². The van der Waals surface area contributed by atoms with Gasteiger partial charge in [-0.2, -0.15) is 0 Å². The second-order valence-electron chi connectivity index (χ2n) is 5.82. The standard InChI is InChI=1S/C17H17N5S.C2H6/c1-9-5-6-13(7-18-9)16-15-10(2)11(3)23-17(15)22-12(4)20-21-14(22)8-19-16;1-2/h5-7H,8H2,1-4H3;1-2H3. The maximum atomic E-state index is 4.85. The highest BCUT2D eigenvalue weighted by Crippen LogP contribution is 2.35. The van der Waals surface area contributed by atoms with Crippen LogP contribution in [0.15, 0.2) is 23.3 Å². The number of hydrogen-bond donors (Lipinski definition) is 0. The molecular formula is C19H23N5S. The summed E-state index contributed by atoms with van der Waals surface area (Å²) in [5.74, 6) is 1.79. The van der Waals surface area contributed by atoms with Crippen LogP contribution in [-0.2, 0) is 6.54 Å². The Hall–Kier alpha value is -2.34. The van der Waals surface area contributed by atoms with Crippen molar-refractivity contribution in [2.45, 2.75) is 48.1 Å². The Kier molecular flexibility index (Phi) is 4.81. The van der Waals surface area contributed by atoms with Gasteiger partial charge in [-0.3, -0.25) is 14.5 Å². The average Bonchev–Trinajstić information content (AvgIpc) is 3.06. The van der Waals surface area contributed by atoms with E-state index in [1.54, 1.807) is 11.3 Å². The van der Waals surface area contributed by atoms with E-state index < -0.39 is 0 Å². The van der Waals surface area contributed by atoms with Crippen LogP contribution >= 0.6 is 11.3 Å². The van der Waals surface area contributed by atoms with Crippen LogP contribution in [0.4, 0.5) is 0 Å². The van der Waals surface area contributed by atoms with E-state index in [0.29, 0.717) is 6.54 Å². The quantitative estimate of drug-likeness (QED) is 0.654. The molecule has 0 spiro atoms.